The molecule has 2 aliphatic rings. The fourth-order valence-corrected chi connectivity index (χ4v) is 2.48. The maximum absolute atomic E-state index is 13.3. The lowest BCUT2D eigenvalue weighted by Crippen LogP contribution is -2.33. The second-order valence-corrected chi connectivity index (χ2v) is 5.77. The molecule has 0 radical (unpaired) electrons. The number of hydrogen-bond acceptors (Lipinski definition) is 2. The van der Waals surface area contributed by atoms with E-state index < -0.39 is 15.9 Å². The van der Waals surface area contributed by atoms with E-state index in [1.807, 2.05) is 0 Å². The van der Waals surface area contributed by atoms with Crippen molar-refractivity contribution in [2.24, 2.45) is 0 Å². The van der Waals surface area contributed by atoms with Gasteiger partial charge >= 0.3 is 0 Å². The van der Waals surface area contributed by atoms with Crippen molar-refractivity contribution in [1.82, 2.24) is 4.31 Å². The van der Waals surface area contributed by atoms with Gasteiger partial charge in [0.05, 0.1) is 12.8 Å². The topological polar surface area (TPSA) is 37.4 Å². The molecule has 0 spiro atoms. The summed E-state index contributed by atoms with van der Waals surface area (Å²) in [6.07, 6.45) is 3.96. The number of rotatable bonds is 1. The van der Waals surface area contributed by atoms with Crippen LogP contribution in [0.4, 0.5) is 8.78 Å². The van der Waals surface area contributed by atoms with E-state index in [1.54, 1.807) is 0 Å². The van der Waals surface area contributed by atoms with Crippen LogP contribution in [0.3, 0.4) is 0 Å². The molecule has 6 heteroatoms. The largest absolute Gasteiger partial charge is 0.273 e. The van der Waals surface area contributed by atoms with E-state index in [2.05, 4.69) is 0 Å². The third-order valence-corrected chi connectivity index (χ3v) is 3.82. The quantitative estimate of drug-likeness (QED) is 0.690. The summed E-state index contributed by atoms with van der Waals surface area (Å²) in [6, 6.07) is 0. The summed E-state index contributed by atoms with van der Waals surface area (Å²) >= 11 is 0. The Hall–Kier alpha value is -0.910. The van der Waals surface area contributed by atoms with Crippen LogP contribution in [0.1, 0.15) is 12.8 Å². The molecule has 0 N–H and O–H groups in total. The van der Waals surface area contributed by atoms with Crippen LogP contribution >= 0.6 is 0 Å². The molecule has 0 fully saturated rings. The lowest BCUT2D eigenvalue weighted by Gasteiger charge is -2.25. The molecule has 1 heterocycles. The summed E-state index contributed by atoms with van der Waals surface area (Å²) in [7, 11) is -3.44. The van der Waals surface area contributed by atoms with Crippen LogP contribution in [0, 0.1) is 0 Å². The number of hydrogen-bond donors (Lipinski definition) is 0. The predicted molar refractivity (Wildman–Crippen MR) is 51.9 cm³/mol. The third-order valence-electron chi connectivity index (χ3n) is 2.72. The van der Waals surface area contributed by atoms with E-state index in [0.29, 0.717) is 12.0 Å². The van der Waals surface area contributed by atoms with E-state index >= 15 is 0 Å². The standard InChI is InChI=1S/C9H11F2NO2S/c1-15(13,14)12-5-3-7-2-4-9(10,11)8(7)6-12/h3,5H,2,4,6H2,1H3. The molecule has 84 valence electrons. The highest BCUT2D eigenvalue weighted by Gasteiger charge is 2.43. The van der Waals surface area contributed by atoms with Gasteiger partial charge in [-0.15, -0.1) is 0 Å². The van der Waals surface area contributed by atoms with Gasteiger partial charge < -0.3 is 0 Å². The Kier molecular flexibility index (Phi) is 2.15. The highest BCUT2D eigenvalue weighted by Crippen LogP contribution is 2.42. The van der Waals surface area contributed by atoms with E-state index in [-0.39, 0.29) is 18.5 Å². The normalized spacial score (nSPS) is 24.6. The van der Waals surface area contributed by atoms with Crippen molar-refractivity contribution >= 4 is 10.0 Å². The summed E-state index contributed by atoms with van der Waals surface area (Å²) in [5, 5.41) is 0. The molecule has 2 rings (SSSR count). The number of alkyl halides is 2. The Morgan fingerprint density at radius 2 is 2.13 bits per heavy atom. The Morgan fingerprint density at radius 1 is 1.47 bits per heavy atom. The van der Waals surface area contributed by atoms with Gasteiger partial charge in [0.1, 0.15) is 0 Å². The minimum absolute atomic E-state index is 0.0459. The first-order valence-corrected chi connectivity index (χ1v) is 6.41. The van der Waals surface area contributed by atoms with Crippen LogP contribution in [0.2, 0.25) is 0 Å². The molecular formula is C9H11F2NO2S. The Labute approximate surface area is 87.1 Å². The number of sulfonamides is 1. The van der Waals surface area contributed by atoms with Crippen molar-refractivity contribution in [2.75, 3.05) is 12.8 Å². The molecule has 3 nitrogen and oxygen atoms in total. The molecule has 0 unspecified atom stereocenters. The van der Waals surface area contributed by atoms with Crippen LogP contribution in [-0.4, -0.2) is 31.4 Å². The highest BCUT2D eigenvalue weighted by molar-refractivity contribution is 7.88. The number of nitrogens with zero attached hydrogens (tertiary/aromatic N) is 1. The van der Waals surface area contributed by atoms with E-state index in [1.165, 1.54) is 12.3 Å². The Morgan fingerprint density at radius 3 is 2.73 bits per heavy atom. The van der Waals surface area contributed by atoms with Crippen LogP contribution in [0.5, 0.6) is 0 Å². The molecule has 0 aromatic carbocycles. The first kappa shape index (κ1) is 10.6. The molecule has 0 saturated carbocycles. The van der Waals surface area contributed by atoms with Crippen molar-refractivity contribution in [3.05, 3.63) is 23.4 Å². The van der Waals surface area contributed by atoms with Crippen molar-refractivity contribution in [3.8, 4) is 0 Å². The first-order valence-electron chi connectivity index (χ1n) is 4.56. The highest BCUT2D eigenvalue weighted by atomic mass is 32.2. The molecule has 0 bridgehead atoms. The van der Waals surface area contributed by atoms with Gasteiger partial charge in [-0.2, -0.15) is 0 Å². The van der Waals surface area contributed by atoms with Crippen molar-refractivity contribution in [2.45, 2.75) is 18.8 Å². The van der Waals surface area contributed by atoms with Gasteiger partial charge in [-0.3, -0.25) is 4.31 Å². The molecule has 1 aliphatic carbocycles. The van der Waals surface area contributed by atoms with Crippen molar-refractivity contribution < 1.29 is 17.2 Å². The molecule has 0 amide bonds. The molecular weight excluding hydrogens is 224 g/mol. The molecule has 15 heavy (non-hydrogen) atoms. The van der Waals surface area contributed by atoms with Gasteiger partial charge in [-0.1, -0.05) is 0 Å². The van der Waals surface area contributed by atoms with E-state index in [0.717, 1.165) is 10.6 Å². The lowest BCUT2D eigenvalue weighted by atomic mass is 10.1. The minimum atomic E-state index is -3.44. The van der Waals surface area contributed by atoms with Gasteiger partial charge in [0.25, 0.3) is 5.92 Å². The van der Waals surface area contributed by atoms with Crippen molar-refractivity contribution in [1.29, 1.82) is 0 Å². The zero-order valence-corrected chi connectivity index (χ0v) is 9.02. The summed E-state index contributed by atoms with van der Waals surface area (Å²) in [5.74, 6) is -2.84. The molecule has 0 atom stereocenters. The molecule has 1 aliphatic heterocycles. The van der Waals surface area contributed by atoms with Gasteiger partial charge in [0.2, 0.25) is 10.0 Å². The fraction of sp³-hybridized carbons (Fsp3) is 0.556. The third kappa shape index (κ3) is 1.78. The molecule has 0 aromatic rings. The van der Waals surface area contributed by atoms with Crippen LogP contribution in [-0.2, 0) is 10.0 Å². The average Bonchev–Trinajstić information content (AvgIpc) is 2.41. The molecule has 0 saturated heterocycles. The Balaban J connectivity index is 2.33. The van der Waals surface area contributed by atoms with Crippen LogP contribution in [0.25, 0.3) is 0 Å². The van der Waals surface area contributed by atoms with E-state index in [9.17, 15) is 17.2 Å². The zero-order chi connectivity index (χ0) is 11.3. The summed E-state index contributed by atoms with van der Waals surface area (Å²) in [6.45, 7) is -0.211. The van der Waals surface area contributed by atoms with Gasteiger partial charge in [-0.05, 0) is 18.1 Å². The van der Waals surface area contributed by atoms with E-state index in [4.69, 9.17) is 0 Å². The SMILES string of the molecule is CS(=O)(=O)N1C=CC2=C(C1)C(F)(F)CC2. The number of allylic oxidation sites excluding steroid dienone is 2. The lowest BCUT2D eigenvalue weighted by molar-refractivity contribution is 0.0394. The average molecular weight is 235 g/mol. The first-order chi connectivity index (χ1) is 6.81. The number of halogens is 2. The maximum Gasteiger partial charge on any atom is 0.271 e. The predicted octanol–water partition coefficient (Wildman–Crippen LogP) is 1.50. The summed E-state index contributed by atoms with van der Waals surface area (Å²) < 4.78 is 50.0. The van der Waals surface area contributed by atoms with Crippen LogP contribution in [0.15, 0.2) is 23.4 Å². The monoisotopic (exact) mass is 235 g/mol. The Bertz CT molecular complexity index is 451. The molecule has 0 aromatic heterocycles. The second kappa shape index (κ2) is 3.04. The van der Waals surface area contributed by atoms with Crippen molar-refractivity contribution in [3.63, 3.8) is 0 Å². The smallest absolute Gasteiger partial charge is 0.271 e. The second-order valence-electron chi connectivity index (χ2n) is 3.83. The maximum atomic E-state index is 13.3. The van der Waals surface area contributed by atoms with Gasteiger partial charge in [0, 0.05) is 18.2 Å². The fourth-order valence-electron chi connectivity index (χ4n) is 1.84. The zero-order valence-electron chi connectivity index (χ0n) is 8.20. The van der Waals surface area contributed by atoms with Gasteiger partial charge in [0.15, 0.2) is 0 Å². The van der Waals surface area contributed by atoms with Crippen LogP contribution < -0.4 is 0 Å². The summed E-state index contributed by atoms with van der Waals surface area (Å²) in [5.41, 5.74) is 0.537. The summed E-state index contributed by atoms with van der Waals surface area (Å²) in [4.78, 5) is 0. The minimum Gasteiger partial charge on any atom is -0.273 e. The van der Waals surface area contributed by atoms with Gasteiger partial charge in [-0.25, -0.2) is 17.2 Å².